The van der Waals surface area contributed by atoms with Gasteiger partial charge in [0.25, 0.3) is 0 Å². The van der Waals surface area contributed by atoms with Crippen molar-refractivity contribution in [3.8, 4) is 0 Å². The van der Waals surface area contributed by atoms with E-state index in [1.165, 1.54) is 0 Å². The zero-order valence-electron chi connectivity index (χ0n) is 7.85. The average molecular weight is 150 g/mol. The molecule has 4 aliphatic carbocycles. The average Bonchev–Trinajstić information content (AvgIpc) is 2.58. The molecule has 0 aromatic carbocycles. The van der Waals surface area contributed by atoms with Crippen LogP contribution in [0.15, 0.2) is 0 Å². The maximum Gasteiger partial charge on any atom is -0.0261 e. The monoisotopic (exact) mass is 150 g/mol. The van der Waals surface area contributed by atoms with Gasteiger partial charge in [-0.3, -0.25) is 0 Å². The third-order valence-electron chi connectivity index (χ3n) is 5.29. The molecule has 0 spiro atoms. The summed E-state index contributed by atoms with van der Waals surface area (Å²) in [6, 6.07) is 0. The van der Waals surface area contributed by atoms with E-state index in [4.69, 9.17) is 0 Å². The molecule has 4 atom stereocenters. The summed E-state index contributed by atoms with van der Waals surface area (Å²) in [6.07, 6.45) is 4.66. The largest absolute Gasteiger partial charge is 0.0594 e. The third kappa shape index (κ3) is 0.522. The maximum atomic E-state index is 2.53. The van der Waals surface area contributed by atoms with Crippen LogP contribution in [0.3, 0.4) is 0 Å². The smallest absolute Gasteiger partial charge is 0.0261 e. The Kier molecular flexibility index (Phi) is 0.832. The van der Waals surface area contributed by atoms with Crippen LogP contribution in [0.2, 0.25) is 0 Å². The van der Waals surface area contributed by atoms with Crippen LogP contribution in [0.5, 0.6) is 0 Å². The molecule has 2 bridgehead atoms. The molecule has 0 N–H and O–H groups in total. The second-order valence-corrected chi connectivity index (χ2v) is 5.95. The van der Waals surface area contributed by atoms with Gasteiger partial charge < -0.3 is 0 Å². The van der Waals surface area contributed by atoms with E-state index in [-0.39, 0.29) is 0 Å². The van der Waals surface area contributed by atoms with Crippen LogP contribution in [0.4, 0.5) is 0 Å². The van der Waals surface area contributed by atoms with E-state index in [1.54, 1.807) is 19.3 Å². The highest BCUT2D eigenvalue weighted by molar-refractivity contribution is 5.18. The summed E-state index contributed by atoms with van der Waals surface area (Å²) < 4.78 is 0. The fourth-order valence-corrected chi connectivity index (χ4v) is 4.13. The zero-order valence-corrected chi connectivity index (χ0v) is 7.85. The van der Waals surface area contributed by atoms with Gasteiger partial charge in [-0.25, -0.2) is 0 Å². The molecule has 4 saturated carbocycles. The second kappa shape index (κ2) is 1.41. The molecule has 4 aliphatic rings. The topological polar surface area (TPSA) is 0 Å². The highest BCUT2D eigenvalue weighted by Gasteiger charge is 2.70. The van der Waals surface area contributed by atoms with Crippen LogP contribution < -0.4 is 0 Å². The highest BCUT2D eigenvalue weighted by atomic mass is 14.7. The summed E-state index contributed by atoms with van der Waals surface area (Å²) in [6.45, 7) is 7.51. The molecule has 0 aromatic rings. The van der Waals surface area contributed by atoms with Gasteiger partial charge in [0.2, 0.25) is 0 Å². The Labute approximate surface area is 69.4 Å². The van der Waals surface area contributed by atoms with Gasteiger partial charge in [-0.1, -0.05) is 20.8 Å². The lowest BCUT2D eigenvalue weighted by molar-refractivity contribution is -0.106. The van der Waals surface area contributed by atoms with Gasteiger partial charge in [-0.2, -0.15) is 0 Å². The standard InChI is InChI=1S/C11H18/c1-10(2)7-4-8-6-11(8,3)9(10)5-7/h7-9H,4-6H2,1-3H3/t7-,8-,9+,11+/m0/s1. The lowest BCUT2D eigenvalue weighted by atomic mass is 9.45. The molecule has 0 aromatic heterocycles. The molecule has 0 aliphatic heterocycles. The van der Waals surface area contributed by atoms with Gasteiger partial charge in [-0.15, -0.1) is 0 Å². The first-order valence-electron chi connectivity index (χ1n) is 5.05. The Bertz CT molecular complexity index is 211. The third-order valence-corrected chi connectivity index (χ3v) is 5.29. The summed E-state index contributed by atoms with van der Waals surface area (Å²) in [5.41, 5.74) is 1.51. The Morgan fingerprint density at radius 2 is 1.73 bits per heavy atom. The van der Waals surface area contributed by atoms with Crippen molar-refractivity contribution in [2.75, 3.05) is 0 Å². The van der Waals surface area contributed by atoms with Crippen LogP contribution in [0, 0.1) is 28.6 Å². The first-order chi connectivity index (χ1) is 5.05. The van der Waals surface area contributed by atoms with Gasteiger partial charge in [0.1, 0.15) is 0 Å². The molecule has 0 amide bonds. The molecular weight excluding hydrogens is 132 g/mol. The van der Waals surface area contributed by atoms with Crippen molar-refractivity contribution in [1.29, 1.82) is 0 Å². The predicted molar refractivity (Wildman–Crippen MR) is 46.2 cm³/mol. The van der Waals surface area contributed by atoms with Crippen LogP contribution in [-0.4, -0.2) is 0 Å². The lowest BCUT2D eigenvalue weighted by Gasteiger charge is -2.59. The fraction of sp³-hybridized carbons (Fsp3) is 1.00. The van der Waals surface area contributed by atoms with Gasteiger partial charge in [0, 0.05) is 0 Å². The molecular formula is C11H18. The summed E-state index contributed by atoms with van der Waals surface area (Å²) in [5, 5.41) is 0. The Morgan fingerprint density at radius 1 is 1.00 bits per heavy atom. The van der Waals surface area contributed by atoms with E-state index in [9.17, 15) is 0 Å². The van der Waals surface area contributed by atoms with E-state index >= 15 is 0 Å². The maximum absolute atomic E-state index is 2.53. The normalized spacial score (nSPS) is 63.0. The summed E-state index contributed by atoms with van der Waals surface area (Å²) >= 11 is 0. The molecule has 0 heteroatoms. The Hall–Kier alpha value is 0. The number of rotatable bonds is 0. The molecule has 0 unspecified atom stereocenters. The van der Waals surface area contributed by atoms with Crippen LogP contribution in [0.1, 0.15) is 40.0 Å². The molecule has 4 fully saturated rings. The molecule has 62 valence electrons. The van der Waals surface area contributed by atoms with Crippen molar-refractivity contribution < 1.29 is 0 Å². The molecule has 0 radical (unpaired) electrons. The minimum absolute atomic E-state index is 0.710. The predicted octanol–water partition coefficient (Wildman–Crippen LogP) is 3.08. The van der Waals surface area contributed by atoms with Crippen LogP contribution in [0.25, 0.3) is 0 Å². The van der Waals surface area contributed by atoms with Gasteiger partial charge in [-0.05, 0) is 47.8 Å². The summed E-state index contributed by atoms with van der Waals surface area (Å²) in [4.78, 5) is 0. The quantitative estimate of drug-likeness (QED) is 0.498. The zero-order chi connectivity index (χ0) is 7.85. The van der Waals surface area contributed by atoms with E-state index in [0.29, 0.717) is 5.41 Å². The molecule has 0 heterocycles. The van der Waals surface area contributed by atoms with E-state index in [0.717, 1.165) is 23.2 Å². The molecule has 4 rings (SSSR count). The Morgan fingerprint density at radius 3 is 2.18 bits per heavy atom. The van der Waals surface area contributed by atoms with Gasteiger partial charge >= 0.3 is 0 Å². The number of hydrogen-bond acceptors (Lipinski definition) is 0. The van der Waals surface area contributed by atoms with Crippen LogP contribution in [-0.2, 0) is 0 Å². The highest BCUT2D eigenvalue weighted by Crippen LogP contribution is 2.77. The van der Waals surface area contributed by atoms with Crippen molar-refractivity contribution in [2.24, 2.45) is 28.6 Å². The molecule has 0 saturated heterocycles. The van der Waals surface area contributed by atoms with Crippen molar-refractivity contribution in [3.05, 3.63) is 0 Å². The first kappa shape index (κ1) is 6.51. The minimum atomic E-state index is 0.710. The van der Waals surface area contributed by atoms with E-state index in [2.05, 4.69) is 20.8 Å². The fourth-order valence-electron chi connectivity index (χ4n) is 4.13. The van der Waals surface area contributed by atoms with E-state index < -0.39 is 0 Å². The SMILES string of the molecule is CC1(C)[C@H]2C[C@H]3C[C@@]3(C)[C@@H]1C2. The van der Waals surface area contributed by atoms with Crippen molar-refractivity contribution in [2.45, 2.75) is 40.0 Å². The summed E-state index contributed by atoms with van der Waals surface area (Å²) in [5.74, 6) is 3.31. The number of hydrogen-bond donors (Lipinski definition) is 0. The van der Waals surface area contributed by atoms with Crippen LogP contribution >= 0.6 is 0 Å². The van der Waals surface area contributed by atoms with Crippen molar-refractivity contribution >= 4 is 0 Å². The lowest BCUT2D eigenvalue weighted by Crippen LogP contribution is -2.52. The van der Waals surface area contributed by atoms with E-state index in [1.807, 2.05) is 0 Å². The second-order valence-electron chi connectivity index (χ2n) is 5.95. The van der Waals surface area contributed by atoms with Crippen molar-refractivity contribution in [3.63, 3.8) is 0 Å². The van der Waals surface area contributed by atoms with Gasteiger partial charge in [0.05, 0.1) is 0 Å². The van der Waals surface area contributed by atoms with Gasteiger partial charge in [0.15, 0.2) is 0 Å². The van der Waals surface area contributed by atoms with Crippen molar-refractivity contribution in [1.82, 2.24) is 0 Å². The molecule has 11 heavy (non-hydrogen) atoms. The Balaban J connectivity index is 1.98. The first-order valence-corrected chi connectivity index (χ1v) is 5.05. The molecule has 0 nitrogen and oxygen atoms in total. The summed E-state index contributed by atoms with van der Waals surface area (Å²) in [7, 11) is 0. The minimum Gasteiger partial charge on any atom is -0.0594 e.